The summed E-state index contributed by atoms with van der Waals surface area (Å²) in [7, 11) is 0. The van der Waals surface area contributed by atoms with Gasteiger partial charge in [0.2, 0.25) is 0 Å². The van der Waals surface area contributed by atoms with Gasteiger partial charge in [-0.1, -0.05) is 0 Å². The Morgan fingerprint density at radius 1 is 1.30 bits per heavy atom. The Hall–Kier alpha value is -3.51. The number of anilines is 2. The second kappa shape index (κ2) is 7.39. The summed E-state index contributed by atoms with van der Waals surface area (Å²) in [6, 6.07) is 2.37. The van der Waals surface area contributed by atoms with Crippen LogP contribution >= 0.6 is 0 Å². The first-order valence-corrected chi connectivity index (χ1v) is 6.86. The molecule has 0 saturated heterocycles. The average molecular weight is 392 g/mol. The molecule has 13 heteroatoms. The topological polar surface area (TPSA) is 120 Å². The molecule has 0 aliphatic carbocycles. The molecule has 3 N–H and O–H groups in total. The van der Waals surface area contributed by atoms with Crippen molar-refractivity contribution < 1.29 is 36.4 Å². The highest BCUT2D eigenvalue weighted by molar-refractivity contribution is 6.06. The zero-order valence-electron chi connectivity index (χ0n) is 13.0. The highest BCUT2D eigenvalue weighted by Crippen LogP contribution is 2.33. The summed E-state index contributed by atoms with van der Waals surface area (Å²) in [6.07, 6.45) is -3.93. The standard InChI is InChI=1S/C14H9F5N4O4/c15-13(16)27-10-5-9(23(25)26)8(20)4-7(10)12(24)22-11-3-6(1-2-21-11)14(17,18)19/h1-5,13H,20H2,(H,21,22,24). The number of aromatic nitrogens is 1. The molecular weight excluding hydrogens is 383 g/mol. The fourth-order valence-corrected chi connectivity index (χ4v) is 1.97. The van der Waals surface area contributed by atoms with Gasteiger partial charge in [-0.15, -0.1) is 0 Å². The largest absolute Gasteiger partial charge is 0.434 e. The van der Waals surface area contributed by atoms with E-state index in [1.165, 1.54) is 0 Å². The van der Waals surface area contributed by atoms with Gasteiger partial charge in [0.1, 0.15) is 17.3 Å². The fourth-order valence-electron chi connectivity index (χ4n) is 1.97. The molecule has 8 nitrogen and oxygen atoms in total. The van der Waals surface area contributed by atoms with E-state index in [0.29, 0.717) is 24.3 Å². The molecule has 144 valence electrons. The number of alkyl halides is 5. The van der Waals surface area contributed by atoms with Gasteiger partial charge in [-0.3, -0.25) is 14.9 Å². The third-order valence-electron chi connectivity index (χ3n) is 3.12. The van der Waals surface area contributed by atoms with Crippen molar-refractivity contribution in [3.63, 3.8) is 0 Å². The van der Waals surface area contributed by atoms with E-state index < -0.39 is 57.7 Å². The Morgan fingerprint density at radius 3 is 2.52 bits per heavy atom. The summed E-state index contributed by atoms with van der Waals surface area (Å²) in [6.45, 7) is -3.42. The molecule has 2 aromatic rings. The van der Waals surface area contributed by atoms with Crippen LogP contribution in [-0.2, 0) is 6.18 Å². The molecule has 1 aromatic heterocycles. The Morgan fingerprint density at radius 2 is 1.96 bits per heavy atom. The van der Waals surface area contributed by atoms with E-state index in [2.05, 4.69) is 9.72 Å². The molecule has 0 spiro atoms. The molecule has 0 unspecified atom stereocenters. The minimum absolute atomic E-state index is 0.510. The third kappa shape index (κ3) is 4.77. The van der Waals surface area contributed by atoms with Crippen LogP contribution in [-0.4, -0.2) is 22.4 Å². The monoisotopic (exact) mass is 392 g/mol. The first kappa shape index (κ1) is 19.8. The van der Waals surface area contributed by atoms with Crippen molar-refractivity contribution in [3.05, 3.63) is 51.7 Å². The molecule has 1 heterocycles. The summed E-state index contributed by atoms with van der Waals surface area (Å²) in [5, 5.41) is 12.8. The Labute approximate surface area is 146 Å². The Bertz CT molecular complexity index is 888. The van der Waals surface area contributed by atoms with Crippen LogP contribution in [0.5, 0.6) is 5.75 Å². The minimum Gasteiger partial charge on any atom is -0.434 e. The lowest BCUT2D eigenvalue weighted by atomic mass is 10.1. The van der Waals surface area contributed by atoms with Crippen molar-refractivity contribution in [2.45, 2.75) is 12.8 Å². The number of nitrogens with two attached hydrogens (primary N) is 1. The predicted octanol–water partition coefficient (Wildman–Crippen LogP) is 3.44. The molecule has 0 bridgehead atoms. The molecule has 0 radical (unpaired) electrons. The van der Waals surface area contributed by atoms with Gasteiger partial charge in [-0.2, -0.15) is 22.0 Å². The van der Waals surface area contributed by atoms with Gasteiger partial charge in [0, 0.05) is 6.20 Å². The number of halogens is 5. The summed E-state index contributed by atoms with van der Waals surface area (Å²) in [5.41, 5.74) is 2.31. The minimum atomic E-state index is -4.70. The molecule has 0 aliphatic rings. The van der Waals surface area contributed by atoms with Crippen LogP contribution in [0.25, 0.3) is 0 Å². The zero-order valence-corrected chi connectivity index (χ0v) is 13.0. The molecule has 1 amide bonds. The van der Waals surface area contributed by atoms with E-state index in [4.69, 9.17) is 5.73 Å². The van der Waals surface area contributed by atoms with Crippen molar-refractivity contribution in [2.24, 2.45) is 0 Å². The first-order chi connectivity index (χ1) is 12.5. The molecule has 0 aliphatic heterocycles. The Balaban J connectivity index is 2.40. The number of pyridine rings is 1. The number of nitrogens with zero attached hydrogens (tertiary/aromatic N) is 2. The maximum absolute atomic E-state index is 12.7. The quantitative estimate of drug-likeness (QED) is 0.348. The van der Waals surface area contributed by atoms with Crippen LogP contribution in [0.4, 0.5) is 39.1 Å². The predicted molar refractivity (Wildman–Crippen MR) is 81.3 cm³/mol. The van der Waals surface area contributed by atoms with Crippen LogP contribution in [0, 0.1) is 10.1 Å². The molecule has 0 fully saturated rings. The number of carbonyl (C=O) groups excluding carboxylic acids is 1. The van der Waals surface area contributed by atoms with Crippen molar-refractivity contribution in [2.75, 3.05) is 11.1 Å². The smallest absolute Gasteiger partial charge is 0.416 e. The molecule has 0 saturated carbocycles. The van der Waals surface area contributed by atoms with Crippen molar-refractivity contribution in [1.29, 1.82) is 0 Å². The lowest BCUT2D eigenvalue weighted by Gasteiger charge is -2.13. The molecule has 0 atom stereocenters. The SMILES string of the molecule is Nc1cc(C(=O)Nc2cc(C(F)(F)F)ccn2)c(OC(F)F)cc1[N+](=O)[O-]. The normalized spacial score (nSPS) is 11.3. The number of hydrogen-bond acceptors (Lipinski definition) is 6. The van der Waals surface area contributed by atoms with E-state index >= 15 is 0 Å². The Kier molecular flexibility index (Phi) is 5.42. The number of amides is 1. The van der Waals surface area contributed by atoms with E-state index in [9.17, 15) is 36.9 Å². The number of nitro benzene ring substituents is 1. The second-order valence-electron chi connectivity index (χ2n) is 4.92. The second-order valence-corrected chi connectivity index (χ2v) is 4.92. The van der Waals surface area contributed by atoms with Crippen molar-refractivity contribution >= 4 is 23.1 Å². The van der Waals surface area contributed by atoms with Gasteiger partial charge in [0.25, 0.3) is 11.6 Å². The van der Waals surface area contributed by atoms with Crippen molar-refractivity contribution in [3.8, 4) is 5.75 Å². The van der Waals surface area contributed by atoms with Crippen LogP contribution in [0.3, 0.4) is 0 Å². The highest BCUT2D eigenvalue weighted by Gasteiger charge is 2.31. The maximum Gasteiger partial charge on any atom is 0.416 e. The summed E-state index contributed by atoms with van der Waals surface area (Å²) in [5.74, 6) is -2.62. The van der Waals surface area contributed by atoms with E-state index in [-0.39, 0.29) is 0 Å². The zero-order chi connectivity index (χ0) is 20.4. The van der Waals surface area contributed by atoms with Crippen LogP contribution in [0.15, 0.2) is 30.5 Å². The molecule has 1 aromatic carbocycles. The molecule has 2 rings (SSSR count). The maximum atomic E-state index is 12.7. The van der Waals surface area contributed by atoms with Gasteiger partial charge < -0.3 is 15.8 Å². The number of carbonyl (C=O) groups is 1. The number of ether oxygens (including phenoxy) is 1. The summed E-state index contributed by atoms with van der Waals surface area (Å²) in [4.78, 5) is 25.6. The van der Waals surface area contributed by atoms with Crippen LogP contribution in [0.2, 0.25) is 0 Å². The number of nitrogen functional groups attached to an aromatic ring is 1. The van der Waals surface area contributed by atoms with Gasteiger partial charge in [0.15, 0.2) is 0 Å². The number of hydrogen-bond donors (Lipinski definition) is 2. The van der Waals surface area contributed by atoms with Gasteiger partial charge in [-0.25, -0.2) is 4.98 Å². The van der Waals surface area contributed by atoms with E-state index in [0.717, 1.165) is 6.20 Å². The summed E-state index contributed by atoms with van der Waals surface area (Å²) < 4.78 is 67.2. The van der Waals surface area contributed by atoms with Gasteiger partial charge in [-0.05, 0) is 18.2 Å². The number of nitro groups is 1. The fraction of sp³-hybridized carbons (Fsp3) is 0.143. The van der Waals surface area contributed by atoms with Crippen LogP contribution in [0.1, 0.15) is 15.9 Å². The number of benzene rings is 1. The third-order valence-corrected chi connectivity index (χ3v) is 3.12. The van der Waals surface area contributed by atoms with E-state index in [1.54, 1.807) is 0 Å². The first-order valence-electron chi connectivity index (χ1n) is 6.86. The average Bonchev–Trinajstić information content (AvgIpc) is 2.54. The lowest BCUT2D eigenvalue weighted by Crippen LogP contribution is -2.17. The lowest BCUT2D eigenvalue weighted by molar-refractivity contribution is -0.384. The molecule has 27 heavy (non-hydrogen) atoms. The molecular formula is C14H9F5N4O4. The number of rotatable bonds is 5. The number of nitrogens with one attached hydrogen (secondary N) is 1. The van der Waals surface area contributed by atoms with Gasteiger partial charge in [0.05, 0.1) is 22.1 Å². The highest BCUT2D eigenvalue weighted by atomic mass is 19.4. The summed E-state index contributed by atoms with van der Waals surface area (Å²) >= 11 is 0. The van der Waals surface area contributed by atoms with E-state index in [1.807, 2.05) is 5.32 Å². The van der Waals surface area contributed by atoms with Crippen molar-refractivity contribution in [1.82, 2.24) is 4.98 Å². The van der Waals surface area contributed by atoms with Gasteiger partial charge >= 0.3 is 12.8 Å². The van der Waals surface area contributed by atoms with Crippen LogP contribution < -0.4 is 15.8 Å².